The summed E-state index contributed by atoms with van der Waals surface area (Å²) in [5.41, 5.74) is 0. The van der Waals surface area contributed by atoms with Crippen LogP contribution in [0.1, 0.15) is 26.2 Å². The molecule has 0 saturated carbocycles. The first-order valence-electron chi connectivity index (χ1n) is 4.65. The van der Waals surface area contributed by atoms with Crippen LogP contribution in [-0.2, 0) is 4.74 Å². The number of nitrogens with zero attached hydrogens (tertiary/aromatic N) is 1. The predicted molar refractivity (Wildman–Crippen MR) is 62.4 cm³/mol. The molecule has 0 aliphatic rings. The number of rotatable bonds is 6. The molecule has 0 atom stereocenters. The summed E-state index contributed by atoms with van der Waals surface area (Å²) < 4.78 is 5.77. The molecule has 78 valence electrons. The van der Waals surface area contributed by atoms with Gasteiger partial charge in [0.25, 0.3) is 0 Å². The first-order chi connectivity index (χ1) is 6.26. The highest BCUT2D eigenvalue weighted by molar-refractivity contribution is 14.1. The molecular formula is C9H18INO2. The van der Waals surface area contributed by atoms with Crippen molar-refractivity contribution in [3.63, 3.8) is 0 Å². The van der Waals surface area contributed by atoms with E-state index in [9.17, 15) is 4.79 Å². The molecule has 1 amide bonds. The van der Waals surface area contributed by atoms with Crippen molar-refractivity contribution in [2.75, 3.05) is 24.6 Å². The average Bonchev–Trinajstić information content (AvgIpc) is 2.17. The number of hydrogen-bond acceptors (Lipinski definition) is 2. The van der Waals surface area contributed by atoms with Crippen LogP contribution in [-0.4, -0.2) is 35.6 Å². The van der Waals surface area contributed by atoms with E-state index in [0.717, 1.165) is 36.8 Å². The summed E-state index contributed by atoms with van der Waals surface area (Å²) in [4.78, 5) is 13.0. The van der Waals surface area contributed by atoms with Crippen molar-refractivity contribution in [2.45, 2.75) is 26.2 Å². The molecule has 4 heteroatoms. The molecule has 0 radical (unpaired) electrons. The van der Waals surface area contributed by atoms with Crippen LogP contribution in [0.15, 0.2) is 0 Å². The van der Waals surface area contributed by atoms with E-state index in [0.29, 0.717) is 0 Å². The fourth-order valence-corrected chi connectivity index (χ4v) is 1.36. The monoisotopic (exact) mass is 299 g/mol. The second-order valence-corrected chi connectivity index (χ2v) is 3.93. The van der Waals surface area contributed by atoms with Crippen molar-refractivity contribution in [1.29, 1.82) is 0 Å². The third-order valence-corrected chi connectivity index (χ3v) is 2.54. The summed E-state index contributed by atoms with van der Waals surface area (Å²) in [6, 6.07) is 0. The molecule has 13 heavy (non-hydrogen) atoms. The van der Waals surface area contributed by atoms with Gasteiger partial charge in [-0.2, -0.15) is 0 Å². The fourth-order valence-electron chi connectivity index (χ4n) is 1.02. The lowest BCUT2D eigenvalue weighted by atomic mass is 10.3. The largest absolute Gasteiger partial charge is 0.453 e. The van der Waals surface area contributed by atoms with E-state index in [-0.39, 0.29) is 6.09 Å². The highest BCUT2D eigenvalue weighted by atomic mass is 127. The van der Waals surface area contributed by atoms with E-state index in [2.05, 4.69) is 29.5 Å². The van der Waals surface area contributed by atoms with Gasteiger partial charge in [0.05, 0.1) is 7.11 Å². The lowest BCUT2D eigenvalue weighted by molar-refractivity contribution is 0.123. The van der Waals surface area contributed by atoms with Gasteiger partial charge >= 0.3 is 6.09 Å². The molecule has 0 aromatic heterocycles. The minimum atomic E-state index is -0.196. The number of alkyl halides is 1. The Labute approximate surface area is 94.0 Å². The van der Waals surface area contributed by atoms with Crippen molar-refractivity contribution in [3.05, 3.63) is 0 Å². The summed E-state index contributed by atoms with van der Waals surface area (Å²) in [6.45, 7) is 3.75. The highest BCUT2D eigenvalue weighted by Crippen LogP contribution is 2.01. The van der Waals surface area contributed by atoms with E-state index < -0.39 is 0 Å². The number of methoxy groups -OCH3 is 1. The van der Waals surface area contributed by atoms with Gasteiger partial charge in [-0.15, -0.1) is 0 Å². The molecule has 0 unspecified atom stereocenters. The molecule has 0 heterocycles. The topological polar surface area (TPSA) is 29.5 Å². The van der Waals surface area contributed by atoms with E-state index in [1.165, 1.54) is 7.11 Å². The number of hydrogen-bond donors (Lipinski definition) is 0. The lowest BCUT2D eigenvalue weighted by Gasteiger charge is -2.20. The van der Waals surface area contributed by atoms with Gasteiger partial charge in [-0.3, -0.25) is 0 Å². The molecular weight excluding hydrogens is 281 g/mol. The van der Waals surface area contributed by atoms with Crippen LogP contribution in [0.5, 0.6) is 0 Å². The number of amides is 1. The van der Waals surface area contributed by atoms with Crippen molar-refractivity contribution in [1.82, 2.24) is 4.90 Å². The first-order valence-corrected chi connectivity index (χ1v) is 6.17. The fraction of sp³-hybridized carbons (Fsp3) is 0.889. The van der Waals surface area contributed by atoms with Gasteiger partial charge in [0.15, 0.2) is 0 Å². The Bertz CT molecular complexity index is 134. The maximum Gasteiger partial charge on any atom is 0.409 e. The summed E-state index contributed by atoms with van der Waals surface area (Å²) in [7, 11) is 1.44. The van der Waals surface area contributed by atoms with Crippen molar-refractivity contribution >= 4 is 28.7 Å². The van der Waals surface area contributed by atoms with Gasteiger partial charge in [-0.25, -0.2) is 4.79 Å². The number of carbonyl (C=O) groups is 1. The zero-order chi connectivity index (χ0) is 10.1. The van der Waals surface area contributed by atoms with E-state index in [1.54, 1.807) is 4.90 Å². The van der Waals surface area contributed by atoms with E-state index >= 15 is 0 Å². The van der Waals surface area contributed by atoms with Gasteiger partial charge in [-0.05, 0) is 12.8 Å². The summed E-state index contributed by atoms with van der Waals surface area (Å²) in [5.74, 6) is 0. The Morgan fingerprint density at radius 3 is 2.46 bits per heavy atom. The maximum absolute atomic E-state index is 11.2. The third-order valence-electron chi connectivity index (χ3n) is 1.78. The number of ether oxygens (including phenoxy) is 1. The van der Waals surface area contributed by atoms with E-state index in [1.807, 2.05) is 0 Å². The molecule has 0 aromatic rings. The zero-order valence-electron chi connectivity index (χ0n) is 8.38. The molecule has 0 N–H and O–H groups in total. The van der Waals surface area contributed by atoms with Gasteiger partial charge in [-0.1, -0.05) is 35.9 Å². The Morgan fingerprint density at radius 1 is 1.38 bits per heavy atom. The first kappa shape index (κ1) is 13.0. The maximum atomic E-state index is 11.2. The number of halogens is 1. The standard InChI is InChI=1S/C9H18INO2/c1-3-4-7-11(8-5-6-10)9(12)13-2/h3-8H2,1-2H3. The van der Waals surface area contributed by atoms with Crippen LogP contribution in [0, 0.1) is 0 Å². The van der Waals surface area contributed by atoms with Gasteiger partial charge < -0.3 is 9.64 Å². The van der Waals surface area contributed by atoms with Crippen molar-refractivity contribution in [2.24, 2.45) is 0 Å². The van der Waals surface area contributed by atoms with Crippen molar-refractivity contribution in [3.8, 4) is 0 Å². The minimum absolute atomic E-state index is 0.196. The molecule has 0 bridgehead atoms. The van der Waals surface area contributed by atoms with Crippen molar-refractivity contribution < 1.29 is 9.53 Å². The zero-order valence-corrected chi connectivity index (χ0v) is 10.5. The van der Waals surface area contributed by atoms with Crippen LogP contribution in [0.25, 0.3) is 0 Å². The minimum Gasteiger partial charge on any atom is -0.453 e. The molecule has 0 rings (SSSR count). The Hall–Kier alpha value is 0. The molecule has 0 aliphatic heterocycles. The molecule has 3 nitrogen and oxygen atoms in total. The second kappa shape index (κ2) is 8.59. The molecule has 0 fully saturated rings. The Kier molecular flexibility index (Phi) is 8.59. The lowest BCUT2D eigenvalue weighted by Crippen LogP contribution is -2.32. The van der Waals surface area contributed by atoms with Gasteiger partial charge in [0.1, 0.15) is 0 Å². The summed E-state index contributed by atoms with van der Waals surface area (Å²) in [5, 5.41) is 0. The third kappa shape index (κ3) is 6.12. The van der Waals surface area contributed by atoms with Crippen LogP contribution in [0.3, 0.4) is 0 Å². The molecule has 0 aliphatic carbocycles. The molecule has 0 aromatic carbocycles. The SMILES string of the molecule is CCCCN(CCCI)C(=O)OC. The number of carbonyl (C=O) groups excluding carboxylic acids is 1. The smallest absolute Gasteiger partial charge is 0.409 e. The van der Waals surface area contributed by atoms with Gasteiger partial charge in [0.2, 0.25) is 0 Å². The molecule has 0 spiro atoms. The summed E-state index contributed by atoms with van der Waals surface area (Å²) >= 11 is 2.32. The van der Waals surface area contributed by atoms with Crippen LogP contribution in [0.4, 0.5) is 4.79 Å². The summed E-state index contributed by atoms with van der Waals surface area (Å²) in [6.07, 6.45) is 3.01. The molecule has 0 saturated heterocycles. The predicted octanol–water partition coefficient (Wildman–Crippen LogP) is 2.68. The normalized spacial score (nSPS) is 9.77. The second-order valence-electron chi connectivity index (χ2n) is 2.85. The van der Waals surface area contributed by atoms with Crippen LogP contribution < -0.4 is 0 Å². The van der Waals surface area contributed by atoms with Gasteiger partial charge in [0, 0.05) is 17.5 Å². The number of unbranched alkanes of at least 4 members (excludes halogenated alkanes) is 1. The quantitative estimate of drug-likeness (QED) is 0.557. The average molecular weight is 299 g/mol. The van der Waals surface area contributed by atoms with Crippen LogP contribution in [0.2, 0.25) is 0 Å². The Balaban J connectivity index is 3.79. The highest BCUT2D eigenvalue weighted by Gasteiger charge is 2.11. The van der Waals surface area contributed by atoms with E-state index in [4.69, 9.17) is 4.74 Å². The van der Waals surface area contributed by atoms with Crippen LogP contribution >= 0.6 is 22.6 Å². The Morgan fingerprint density at radius 2 is 2.00 bits per heavy atom.